The number of para-hydroxylation sites is 2. The predicted molar refractivity (Wildman–Crippen MR) is 125 cm³/mol. The molecule has 9 heteroatoms. The van der Waals surface area contributed by atoms with Crippen molar-refractivity contribution in [3.05, 3.63) is 90.3 Å². The smallest absolute Gasteiger partial charge is 0.271 e. The fraction of sp³-hybridized carbons (Fsp3) is 0.160. The van der Waals surface area contributed by atoms with Gasteiger partial charge in [-0.25, -0.2) is 9.97 Å². The predicted octanol–water partition coefficient (Wildman–Crippen LogP) is 3.78. The summed E-state index contributed by atoms with van der Waals surface area (Å²) in [5.41, 5.74) is 2.00. The summed E-state index contributed by atoms with van der Waals surface area (Å²) in [7, 11) is 0. The largest absolute Gasteiger partial charge is 0.493 e. The standard InChI is InChI=1S/C25H23N5O4/c1-17-21(16-28-24(32)22-15-26-12-13-27-22)30-25(34-17)19-9-5-6-10-20(19)29-23(31)11-14-33-18-7-3-2-4-8-18/h2-10,12-13,15H,11,14,16H2,1H3,(H,28,32)(H,29,31). The fourth-order valence-corrected chi connectivity index (χ4v) is 3.15. The van der Waals surface area contributed by atoms with Gasteiger partial charge in [-0.2, -0.15) is 0 Å². The SMILES string of the molecule is Cc1oc(-c2ccccc2NC(=O)CCOc2ccccc2)nc1CNC(=O)c1cnccn1. The lowest BCUT2D eigenvalue weighted by Crippen LogP contribution is -2.24. The van der Waals surface area contributed by atoms with Gasteiger partial charge in [-0.15, -0.1) is 0 Å². The molecule has 2 heterocycles. The molecule has 0 radical (unpaired) electrons. The molecule has 0 atom stereocenters. The van der Waals surface area contributed by atoms with Crippen LogP contribution >= 0.6 is 0 Å². The van der Waals surface area contributed by atoms with Gasteiger partial charge in [0, 0.05) is 12.4 Å². The molecule has 0 saturated heterocycles. The van der Waals surface area contributed by atoms with Crippen molar-refractivity contribution >= 4 is 17.5 Å². The molecule has 2 amide bonds. The number of nitrogens with one attached hydrogen (secondary N) is 2. The first-order valence-electron chi connectivity index (χ1n) is 10.7. The van der Waals surface area contributed by atoms with Crippen LogP contribution in [-0.2, 0) is 11.3 Å². The number of carbonyl (C=O) groups excluding carboxylic acids is 2. The van der Waals surface area contributed by atoms with Crippen LogP contribution in [0.1, 0.15) is 28.4 Å². The average Bonchev–Trinajstić information content (AvgIpc) is 3.24. The van der Waals surface area contributed by atoms with Crippen molar-refractivity contribution in [1.29, 1.82) is 0 Å². The van der Waals surface area contributed by atoms with E-state index >= 15 is 0 Å². The average molecular weight is 457 g/mol. The Morgan fingerprint density at radius 3 is 2.62 bits per heavy atom. The maximum absolute atomic E-state index is 12.5. The number of rotatable bonds is 9. The number of amides is 2. The summed E-state index contributed by atoms with van der Waals surface area (Å²) in [6.07, 6.45) is 4.53. The van der Waals surface area contributed by atoms with Gasteiger partial charge in [-0.3, -0.25) is 14.6 Å². The molecule has 0 spiro atoms. The van der Waals surface area contributed by atoms with Crippen molar-refractivity contribution < 1.29 is 18.7 Å². The first-order chi connectivity index (χ1) is 16.6. The van der Waals surface area contributed by atoms with Crippen LogP contribution in [0.4, 0.5) is 5.69 Å². The van der Waals surface area contributed by atoms with Gasteiger partial charge in [-0.1, -0.05) is 30.3 Å². The van der Waals surface area contributed by atoms with Crippen molar-refractivity contribution in [2.45, 2.75) is 19.9 Å². The van der Waals surface area contributed by atoms with Gasteiger partial charge in [0.05, 0.1) is 37.0 Å². The van der Waals surface area contributed by atoms with E-state index in [-0.39, 0.29) is 37.1 Å². The Morgan fingerprint density at radius 1 is 1.03 bits per heavy atom. The molecule has 2 aromatic heterocycles. The summed E-state index contributed by atoms with van der Waals surface area (Å²) >= 11 is 0. The number of ether oxygens (including phenoxy) is 1. The van der Waals surface area contributed by atoms with E-state index in [0.717, 1.165) is 0 Å². The zero-order valence-electron chi connectivity index (χ0n) is 18.5. The number of aryl methyl sites for hydroxylation is 1. The fourth-order valence-electron chi connectivity index (χ4n) is 3.15. The molecule has 4 rings (SSSR count). The van der Waals surface area contributed by atoms with E-state index in [1.54, 1.807) is 13.0 Å². The first kappa shape index (κ1) is 22.7. The summed E-state index contributed by atoms with van der Waals surface area (Å²) < 4.78 is 11.4. The highest BCUT2D eigenvalue weighted by atomic mass is 16.5. The summed E-state index contributed by atoms with van der Waals surface area (Å²) in [5.74, 6) is 1.07. The quantitative estimate of drug-likeness (QED) is 0.393. The molecule has 0 unspecified atom stereocenters. The van der Waals surface area contributed by atoms with Gasteiger partial charge in [-0.05, 0) is 31.2 Å². The zero-order chi connectivity index (χ0) is 23.8. The lowest BCUT2D eigenvalue weighted by molar-refractivity contribution is -0.116. The van der Waals surface area contributed by atoms with Crippen LogP contribution in [0.15, 0.2) is 77.6 Å². The Balaban J connectivity index is 1.39. The van der Waals surface area contributed by atoms with Gasteiger partial charge in [0.2, 0.25) is 11.8 Å². The Labute approximate surface area is 196 Å². The van der Waals surface area contributed by atoms with E-state index in [0.29, 0.717) is 34.3 Å². The van der Waals surface area contributed by atoms with Crippen molar-refractivity contribution in [3.8, 4) is 17.2 Å². The molecule has 0 fully saturated rings. The number of hydrogen-bond acceptors (Lipinski definition) is 7. The second kappa shape index (κ2) is 10.9. The molecule has 0 saturated carbocycles. The van der Waals surface area contributed by atoms with E-state index in [1.807, 2.05) is 48.5 Å². The highest BCUT2D eigenvalue weighted by Crippen LogP contribution is 2.29. The minimum atomic E-state index is -0.359. The lowest BCUT2D eigenvalue weighted by atomic mass is 10.1. The topological polar surface area (TPSA) is 119 Å². The van der Waals surface area contributed by atoms with E-state index in [4.69, 9.17) is 9.15 Å². The molecule has 9 nitrogen and oxygen atoms in total. The minimum Gasteiger partial charge on any atom is -0.493 e. The maximum atomic E-state index is 12.5. The molecular formula is C25H23N5O4. The van der Waals surface area contributed by atoms with Gasteiger partial charge in [0.25, 0.3) is 5.91 Å². The number of anilines is 1. The van der Waals surface area contributed by atoms with Crippen LogP contribution in [0.3, 0.4) is 0 Å². The summed E-state index contributed by atoms with van der Waals surface area (Å²) in [4.78, 5) is 37.1. The third kappa shape index (κ3) is 5.83. The summed E-state index contributed by atoms with van der Waals surface area (Å²) in [6.45, 7) is 2.18. The van der Waals surface area contributed by atoms with Crippen molar-refractivity contribution in [1.82, 2.24) is 20.3 Å². The van der Waals surface area contributed by atoms with Crippen molar-refractivity contribution in [2.75, 3.05) is 11.9 Å². The number of nitrogens with zero attached hydrogens (tertiary/aromatic N) is 3. The van der Waals surface area contributed by atoms with Gasteiger partial charge in [0.1, 0.15) is 22.9 Å². The van der Waals surface area contributed by atoms with Gasteiger partial charge >= 0.3 is 0 Å². The Bertz CT molecular complexity index is 1260. The van der Waals surface area contributed by atoms with Gasteiger partial charge in [0.15, 0.2) is 0 Å². The van der Waals surface area contributed by atoms with Crippen LogP contribution in [0.2, 0.25) is 0 Å². The molecule has 34 heavy (non-hydrogen) atoms. The number of benzene rings is 2. The Morgan fingerprint density at radius 2 is 1.82 bits per heavy atom. The van der Waals surface area contributed by atoms with Crippen LogP contribution in [-0.4, -0.2) is 33.4 Å². The third-order valence-electron chi connectivity index (χ3n) is 4.88. The number of aromatic nitrogens is 3. The van der Waals surface area contributed by atoms with E-state index in [1.165, 1.54) is 18.6 Å². The van der Waals surface area contributed by atoms with Crippen molar-refractivity contribution in [3.63, 3.8) is 0 Å². The van der Waals surface area contributed by atoms with Crippen molar-refractivity contribution in [2.24, 2.45) is 0 Å². The van der Waals surface area contributed by atoms with E-state index in [2.05, 4.69) is 25.6 Å². The first-order valence-corrected chi connectivity index (χ1v) is 10.7. The number of hydrogen-bond donors (Lipinski definition) is 2. The molecule has 2 aromatic carbocycles. The summed E-state index contributed by atoms with van der Waals surface area (Å²) in [5, 5.41) is 5.65. The third-order valence-corrected chi connectivity index (χ3v) is 4.88. The molecule has 0 aliphatic heterocycles. The highest BCUT2D eigenvalue weighted by Gasteiger charge is 2.17. The lowest BCUT2D eigenvalue weighted by Gasteiger charge is -2.09. The van der Waals surface area contributed by atoms with E-state index in [9.17, 15) is 9.59 Å². The van der Waals surface area contributed by atoms with Crippen LogP contribution in [0, 0.1) is 6.92 Å². The molecule has 0 aliphatic rings. The second-order valence-electron chi connectivity index (χ2n) is 7.30. The molecule has 0 aliphatic carbocycles. The molecule has 172 valence electrons. The molecule has 2 N–H and O–H groups in total. The van der Waals surface area contributed by atoms with Gasteiger partial charge < -0.3 is 19.8 Å². The zero-order valence-corrected chi connectivity index (χ0v) is 18.5. The molecule has 4 aromatic rings. The second-order valence-corrected chi connectivity index (χ2v) is 7.30. The van der Waals surface area contributed by atoms with E-state index < -0.39 is 0 Å². The Hall–Kier alpha value is -4.53. The number of oxazole rings is 1. The van der Waals surface area contributed by atoms with Crippen LogP contribution in [0.5, 0.6) is 5.75 Å². The summed E-state index contributed by atoms with van der Waals surface area (Å²) in [6, 6.07) is 16.6. The number of carbonyl (C=O) groups is 2. The minimum absolute atomic E-state index is 0.163. The molecule has 0 bridgehead atoms. The van der Waals surface area contributed by atoms with Crippen LogP contribution in [0.25, 0.3) is 11.5 Å². The molecular weight excluding hydrogens is 434 g/mol. The maximum Gasteiger partial charge on any atom is 0.271 e. The van der Waals surface area contributed by atoms with Crippen LogP contribution < -0.4 is 15.4 Å². The highest BCUT2D eigenvalue weighted by molar-refractivity contribution is 5.94. The monoisotopic (exact) mass is 457 g/mol. The normalized spacial score (nSPS) is 10.5. The Kier molecular flexibility index (Phi) is 7.24.